The molecule has 0 aliphatic carbocycles. The Hall–Kier alpha value is -2.37. The molecule has 1 aromatic heterocycles. The number of nitrogens with zero attached hydrogens (tertiary/aromatic N) is 5. The van der Waals surface area contributed by atoms with Crippen molar-refractivity contribution < 1.29 is 0 Å². The Morgan fingerprint density at radius 2 is 1.26 bits per heavy atom. The van der Waals surface area contributed by atoms with Gasteiger partial charge in [-0.05, 0) is 62.6 Å². The molecule has 2 aromatic carbocycles. The summed E-state index contributed by atoms with van der Waals surface area (Å²) in [6.07, 6.45) is 0. The minimum atomic E-state index is 1.02. The Balaban J connectivity index is 1.80. The second-order valence-electron chi connectivity index (χ2n) is 8.07. The predicted molar refractivity (Wildman–Crippen MR) is 134 cm³/mol. The molecule has 168 valence electrons. The molecule has 0 aliphatic heterocycles. The molecule has 0 N–H and O–H groups in total. The van der Waals surface area contributed by atoms with Gasteiger partial charge >= 0.3 is 0 Å². The Bertz CT molecular complexity index is 907. The van der Waals surface area contributed by atoms with Crippen LogP contribution in [0.4, 0.5) is 5.69 Å². The number of rotatable bonds is 12. The van der Waals surface area contributed by atoms with Crippen molar-refractivity contribution in [2.45, 2.75) is 27.7 Å². The first-order chi connectivity index (χ1) is 15.1. The first-order valence-electron chi connectivity index (χ1n) is 11.8. The first-order valence-corrected chi connectivity index (χ1v) is 11.8. The predicted octanol–water partition coefficient (Wildman–Crippen LogP) is 4.73. The number of hydrogen-bond donors (Lipinski definition) is 0. The fraction of sp³-hybridized carbons (Fsp3) is 0.500. The van der Waals surface area contributed by atoms with Crippen LogP contribution < -0.4 is 4.90 Å². The average Bonchev–Trinajstić information content (AvgIpc) is 3.15. The summed E-state index contributed by atoms with van der Waals surface area (Å²) in [6.45, 7) is 17.7. The van der Waals surface area contributed by atoms with Crippen LogP contribution >= 0.6 is 0 Å². The molecule has 3 rings (SSSR count). The van der Waals surface area contributed by atoms with E-state index in [4.69, 9.17) is 4.98 Å². The van der Waals surface area contributed by atoms with Crippen molar-refractivity contribution in [2.75, 3.05) is 57.3 Å². The zero-order chi connectivity index (χ0) is 22.2. The summed E-state index contributed by atoms with van der Waals surface area (Å²) < 4.78 is 2.18. The quantitative estimate of drug-likeness (QED) is 0.422. The maximum atomic E-state index is 4.86. The number of aromatic nitrogens is 2. The highest BCUT2D eigenvalue weighted by atomic mass is 15.2. The molecule has 5 nitrogen and oxygen atoms in total. The van der Waals surface area contributed by atoms with Crippen LogP contribution in [0.2, 0.25) is 0 Å². The van der Waals surface area contributed by atoms with Crippen molar-refractivity contribution in [1.82, 2.24) is 19.4 Å². The van der Waals surface area contributed by atoms with Gasteiger partial charge in [-0.2, -0.15) is 0 Å². The highest BCUT2D eigenvalue weighted by Crippen LogP contribution is 2.26. The van der Waals surface area contributed by atoms with Crippen LogP contribution in [0.15, 0.2) is 48.5 Å². The lowest BCUT2D eigenvalue weighted by molar-refractivity contribution is 0.294. The number of anilines is 1. The number of aryl methyl sites for hydroxylation is 1. The number of hydrogen-bond acceptors (Lipinski definition) is 4. The van der Waals surface area contributed by atoms with Gasteiger partial charge in [-0.3, -0.25) is 0 Å². The van der Waals surface area contributed by atoms with Crippen molar-refractivity contribution in [3.05, 3.63) is 48.5 Å². The van der Waals surface area contributed by atoms with E-state index in [2.05, 4.69) is 96.5 Å². The third kappa shape index (κ3) is 5.66. The van der Waals surface area contributed by atoms with Gasteiger partial charge in [-0.25, -0.2) is 4.98 Å². The minimum absolute atomic E-state index is 1.02. The van der Waals surface area contributed by atoms with Crippen LogP contribution in [0.1, 0.15) is 27.7 Å². The topological polar surface area (TPSA) is 27.5 Å². The van der Waals surface area contributed by atoms with Gasteiger partial charge < -0.3 is 19.3 Å². The van der Waals surface area contributed by atoms with Crippen LogP contribution in [-0.2, 0) is 7.05 Å². The second-order valence-corrected chi connectivity index (χ2v) is 8.07. The molecule has 0 atom stereocenters. The highest BCUT2D eigenvalue weighted by Gasteiger charge is 2.13. The molecule has 0 unspecified atom stereocenters. The molecule has 5 heteroatoms. The summed E-state index contributed by atoms with van der Waals surface area (Å²) in [5, 5.41) is 0. The van der Waals surface area contributed by atoms with Crippen molar-refractivity contribution in [1.29, 1.82) is 0 Å². The Morgan fingerprint density at radius 3 is 1.77 bits per heavy atom. The largest absolute Gasteiger partial charge is 0.369 e. The third-order valence-electron chi connectivity index (χ3n) is 6.44. The van der Waals surface area contributed by atoms with Gasteiger partial charge in [0.15, 0.2) is 0 Å². The number of fused-ring (bicyclic) bond motifs is 1. The van der Waals surface area contributed by atoms with E-state index in [1.807, 2.05) is 6.07 Å². The lowest BCUT2D eigenvalue weighted by Crippen LogP contribution is -2.39. The molecular formula is C26H39N5. The lowest BCUT2D eigenvalue weighted by atomic mass is 10.1. The van der Waals surface area contributed by atoms with Gasteiger partial charge in [-0.1, -0.05) is 39.8 Å². The van der Waals surface area contributed by atoms with Crippen molar-refractivity contribution in [3.63, 3.8) is 0 Å². The number of benzene rings is 2. The van der Waals surface area contributed by atoms with Crippen LogP contribution in [0.25, 0.3) is 22.4 Å². The van der Waals surface area contributed by atoms with Gasteiger partial charge in [0, 0.05) is 44.5 Å². The third-order valence-corrected chi connectivity index (χ3v) is 6.44. The van der Waals surface area contributed by atoms with E-state index in [0.29, 0.717) is 0 Å². The standard InChI is InChI=1S/C26H39N5/c1-6-29(7-2)18-20-31(21-19-30(8-3)9-4)23-16-14-22(15-17-23)26-27-24-12-10-11-13-25(24)28(26)5/h10-17H,6-9,18-21H2,1-5H3. The van der Waals surface area contributed by atoms with Crippen molar-refractivity contribution >= 4 is 16.7 Å². The van der Waals surface area contributed by atoms with E-state index in [1.54, 1.807) is 0 Å². The van der Waals surface area contributed by atoms with Gasteiger partial charge in [0.1, 0.15) is 5.82 Å². The molecular weight excluding hydrogens is 382 g/mol. The first kappa shape index (κ1) is 23.3. The van der Waals surface area contributed by atoms with Gasteiger partial charge in [-0.15, -0.1) is 0 Å². The normalized spacial score (nSPS) is 11.7. The van der Waals surface area contributed by atoms with E-state index in [9.17, 15) is 0 Å². The van der Waals surface area contributed by atoms with E-state index < -0.39 is 0 Å². The molecule has 1 heterocycles. The van der Waals surface area contributed by atoms with Gasteiger partial charge in [0.2, 0.25) is 0 Å². The summed E-state index contributed by atoms with van der Waals surface area (Å²) in [7, 11) is 2.10. The monoisotopic (exact) mass is 421 g/mol. The molecule has 0 saturated carbocycles. The van der Waals surface area contributed by atoms with Crippen molar-refractivity contribution in [3.8, 4) is 11.4 Å². The Kier molecular flexibility index (Phi) is 8.50. The highest BCUT2D eigenvalue weighted by molar-refractivity contribution is 5.80. The zero-order valence-electron chi connectivity index (χ0n) is 20.0. The molecule has 0 aliphatic rings. The molecule has 0 saturated heterocycles. The van der Waals surface area contributed by atoms with Gasteiger partial charge in [0.05, 0.1) is 11.0 Å². The van der Waals surface area contributed by atoms with E-state index in [-0.39, 0.29) is 0 Å². The Labute approximate surface area is 188 Å². The summed E-state index contributed by atoms with van der Waals surface area (Å²) >= 11 is 0. The molecule has 0 fully saturated rings. The molecule has 0 bridgehead atoms. The maximum Gasteiger partial charge on any atom is 0.140 e. The summed E-state index contributed by atoms with van der Waals surface area (Å²) in [4.78, 5) is 12.4. The van der Waals surface area contributed by atoms with Crippen LogP contribution in [0.5, 0.6) is 0 Å². The molecule has 3 aromatic rings. The van der Waals surface area contributed by atoms with Crippen LogP contribution in [0, 0.1) is 0 Å². The van der Waals surface area contributed by atoms with Crippen LogP contribution in [0.3, 0.4) is 0 Å². The average molecular weight is 422 g/mol. The number of para-hydroxylation sites is 2. The van der Waals surface area contributed by atoms with Crippen molar-refractivity contribution in [2.24, 2.45) is 7.05 Å². The Morgan fingerprint density at radius 1 is 0.710 bits per heavy atom. The number of imidazole rings is 1. The summed E-state index contributed by atoms with van der Waals surface area (Å²) in [5.74, 6) is 1.02. The summed E-state index contributed by atoms with van der Waals surface area (Å²) in [6, 6.07) is 17.3. The lowest BCUT2D eigenvalue weighted by Gasteiger charge is -2.30. The molecule has 0 amide bonds. The van der Waals surface area contributed by atoms with E-state index in [0.717, 1.165) is 69.3 Å². The molecule has 0 spiro atoms. The smallest absolute Gasteiger partial charge is 0.140 e. The number of likely N-dealkylation sites (N-methyl/N-ethyl adjacent to an activating group) is 2. The SMILES string of the molecule is CCN(CC)CCN(CCN(CC)CC)c1ccc(-c2nc3ccccc3n2C)cc1. The molecule has 31 heavy (non-hydrogen) atoms. The molecule has 0 radical (unpaired) electrons. The maximum absolute atomic E-state index is 4.86. The fourth-order valence-electron chi connectivity index (χ4n) is 4.20. The summed E-state index contributed by atoms with van der Waals surface area (Å²) in [5.41, 5.74) is 4.67. The second kappa shape index (κ2) is 11.3. The zero-order valence-corrected chi connectivity index (χ0v) is 20.0. The minimum Gasteiger partial charge on any atom is -0.369 e. The van der Waals surface area contributed by atoms with E-state index in [1.165, 1.54) is 11.2 Å². The van der Waals surface area contributed by atoms with Gasteiger partial charge in [0.25, 0.3) is 0 Å². The fourth-order valence-corrected chi connectivity index (χ4v) is 4.20. The van der Waals surface area contributed by atoms with Crippen LogP contribution in [-0.4, -0.2) is 71.7 Å². The van der Waals surface area contributed by atoms with E-state index >= 15 is 0 Å².